The molecule has 0 saturated heterocycles. The van der Waals surface area contributed by atoms with Crippen molar-refractivity contribution in [3.63, 3.8) is 0 Å². The molecule has 2 amide bonds. The van der Waals surface area contributed by atoms with Gasteiger partial charge >= 0.3 is 0 Å². The first-order valence-electron chi connectivity index (χ1n) is 10.6. The first kappa shape index (κ1) is 22.0. The molecule has 8 heteroatoms. The molecule has 0 bridgehead atoms. The van der Waals surface area contributed by atoms with Gasteiger partial charge in [0.15, 0.2) is 24.3 Å². The molecular weight excluding hydrogens is 420 g/mol. The normalized spacial score (nSPS) is 12.7. The van der Waals surface area contributed by atoms with Crippen LogP contribution in [0.1, 0.15) is 41.0 Å². The lowest BCUT2D eigenvalue weighted by Crippen LogP contribution is -2.53. The van der Waals surface area contributed by atoms with Gasteiger partial charge in [-0.15, -0.1) is 0 Å². The summed E-state index contributed by atoms with van der Waals surface area (Å²) in [5.74, 6) is 0.840. The summed E-state index contributed by atoms with van der Waals surface area (Å²) in [7, 11) is 0. The van der Waals surface area contributed by atoms with E-state index in [0.717, 1.165) is 11.1 Å². The van der Waals surface area contributed by atoms with Crippen LogP contribution in [-0.2, 0) is 0 Å². The van der Waals surface area contributed by atoms with E-state index >= 15 is 0 Å². The SMILES string of the molecule is CC[C@](C)(CNC(=O)c1ccc(-c2cnco2)cc1)NC(=O)c1ccc(-c2cnco2)cc1. The van der Waals surface area contributed by atoms with Crippen molar-refractivity contribution in [3.05, 3.63) is 84.8 Å². The highest BCUT2D eigenvalue weighted by Gasteiger charge is 2.26. The van der Waals surface area contributed by atoms with Gasteiger partial charge in [0.25, 0.3) is 11.8 Å². The first-order valence-corrected chi connectivity index (χ1v) is 10.6. The molecule has 168 valence electrons. The number of aromatic nitrogens is 2. The lowest BCUT2D eigenvalue weighted by atomic mass is 9.97. The second-order valence-electron chi connectivity index (χ2n) is 7.94. The molecule has 2 aromatic heterocycles. The van der Waals surface area contributed by atoms with Gasteiger partial charge in [-0.3, -0.25) is 9.59 Å². The predicted molar refractivity (Wildman–Crippen MR) is 122 cm³/mol. The van der Waals surface area contributed by atoms with Crippen LogP contribution in [0.2, 0.25) is 0 Å². The van der Waals surface area contributed by atoms with Gasteiger partial charge in [0, 0.05) is 28.8 Å². The zero-order valence-corrected chi connectivity index (χ0v) is 18.4. The number of carbonyl (C=O) groups is 2. The Morgan fingerprint density at radius 3 is 1.73 bits per heavy atom. The van der Waals surface area contributed by atoms with Crippen LogP contribution in [0.3, 0.4) is 0 Å². The molecule has 1 atom stereocenters. The van der Waals surface area contributed by atoms with Crippen molar-refractivity contribution in [2.45, 2.75) is 25.8 Å². The molecule has 0 aliphatic rings. The Labute approximate surface area is 191 Å². The van der Waals surface area contributed by atoms with Crippen molar-refractivity contribution < 1.29 is 18.4 Å². The molecule has 2 N–H and O–H groups in total. The molecule has 8 nitrogen and oxygen atoms in total. The molecule has 0 aliphatic heterocycles. The van der Waals surface area contributed by atoms with Crippen LogP contribution < -0.4 is 10.6 Å². The number of carbonyl (C=O) groups excluding carboxylic acids is 2. The zero-order chi connectivity index (χ0) is 23.3. The van der Waals surface area contributed by atoms with Crippen LogP contribution in [0.5, 0.6) is 0 Å². The van der Waals surface area contributed by atoms with Gasteiger partial charge in [-0.1, -0.05) is 31.2 Å². The quantitative estimate of drug-likeness (QED) is 0.419. The second-order valence-corrected chi connectivity index (χ2v) is 7.94. The first-order chi connectivity index (χ1) is 16.0. The summed E-state index contributed by atoms with van der Waals surface area (Å²) in [5.41, 5.74) is 2.10. The Bertz CT molecular complexity index is 1200. The van der Waals surface area contributed by atoms with Gasteiger partial charge in [-0.2, -0.15) is 0 Å². The van der Waals surface area contributed by atoms with Crippen molar-refractivity contribution in [2.24, 2.45) is 0 Å². The highest BCUT2D eigenvalue weighted by Crippen LogP contribution is 2.20. The number of nitrogens with one attached hydrogen (secondary N) is 2. The van der Waals surface area contributed by atoms with E-state index in [9.17, 15) is 9.59 Å². The lowest BCUT2D eigenvalue weighted by Gasteiger charge is -2.30. The minimum Gasteiger partial charge on any atom is -0.444 e. The number of benzene rings is 2. The van der Waals surface area contributed by atoms with Crippen molar-refractivity contribution in [2.75, 3.05) is 6.54 Å². The standard InChI is InChI=1S/C25H24N4O4/c1-3-25(2,29-24(31)20-10-6-18(7-11-20)22-13-27-16-33-22)14-28-23(30)19-8-4-17(5-9-19)21-12-26-15-32-21/h4-13,15-16H,3,14H2,1-2H3,(H,28,30)(H,29,31)/t25-/m1/s1. The third-order valence-corrected chi connectivity index (χ3v) is 5.56. The highest BCUT2D eigenvalue weighted by molar-refractivity contribution is 5.96. The zero-order valence-electron chi connectivity index (χ0n) is 18.4. The molecule has 4 aromatic rings. The van der Waals surface area contributed by atoms with Crippen LogP contribution >= 0.6 is 0 Å². The minimum atomic E-state index is -0.615. The minimum absolute atomic E-state index is 0.214. The van der Waals surface area contributed by atoms with E-state index in [4.69, 9.17) is 8.83 Å². The van der Waals surface area contributed by atoms with Gasteiger partial charge in [-0.05, 0) is 37.6 Å². The predicted octanol–water partition coefficient (Wildman–Crippen LogP) is 4.33. The second kappa shape index (κ2) is 9.52. The summed E-state index contributed by atoms with van der Waals surface area (Å²) in [6, 6.07) is 14.1. The smallest absolute Gasteiger partial charge is 0.251 e. The summed E-state index contributed by atoms with van der Waals surface area (Å²) >= 11 is 0. The van der Waals surface area contributed by atoms with Crippen molar-refractivity contribution in [3.8, 4) is 22.6 Å². The average molecular weight is 444 g/mol. The summed E-state index contributed by atoms with van der Waals surface area (Å²) in [4.78, 5) is 33.2. The van der Waals surface area contributed by atoms with Crippen molar-refractivity contribution in [1.29, 1.82) is 0 Å². The Morgan fingerprint density at radius 2 is 1.30 bits per heavy atom. The van der Waals surface area contributed by atoms with Gasteiger partial charge in [0.2, 0.25) is 0 Å². The number of rotatable bonds is 8. The maximum absolute atomic E-state index is 12.8. The molecule has 0 unspecified atom stereocenters. The van der Waals surface area contributed by atoms with Gasteiger partial charge in [0.05, 0.1) is 17.9 Å². The lowest BCUT2D eigenvalue weighted by molar-refractivity contribution is 0.0871. The molecule has 4 rings (SSSR count). The molecule has 0 saturated carbocycles. The highest BCUT2D eigenvalue weighted by atomic mass is 16.3. The summed E-state index contributed by atoms with van der Waals surface area (Å²) < 4.78 is 10.5. The van der Waals surface area contributed by atoms with Crippen LogP contribution in [-0.4, -0.2) is 33.9 Å². The Balaban J connectivity index is 1.36. The van der Waals surface area contributed by atoms with Crippen LogP contribution in [0.4, 0.5) is 0 Å². The van der Waals surface area contributed by atoms with E-state index in [0.29, 0.717) is 29.1 Å². The van der Waals surface area contributed by atoms with Crippen LogP contribution in [0, 0.1) is 0 Å². The molecule has 0 radical (unpaired) electrons. The molecule has 0 fully saturated rings. The van der Waals surface area contributed by atoms with E-state index in [-0.39, 0.29) is 18.4 Å². The summed E-state index contributed by atoms with van der Waals surface area (Å²) in [5, 5.41) is 5.96. The fourth-order valence-corrected chi connectivity index (χ4v) is 3.27. The van der Waals surface area contributed by atoms with Gasteiger partial charge in [-0.25, -0.2) is 9.97 Å². The van der Waals surface area contributed by atoms with E-state index in [1.54, 1.807) is 48.8 Å². The topological polar surface area (TPSA) is 110 Å². The fourth-order valence-electron chi connectivity index (χ4n) is 3.27. The van der Waals surface area contributed by atoms with Crippen LogP contribution in [0.15, 0.2) is 82.5 Å². The molecule has 2 heterocycles. The fraction of sp³-hybridized carbons (Fsp3) is 0.200. The largest absolute Gasteiger partial charge is 0.444 e. The van der Waals surface area contributed by atoms with Gasteiger partial charge in [0.1, 0.15) is 0 Å². The van der Waals surface area contributed by atoms with Crippen LogP contribution in [0.25, 0.3) is 22.6 Å². The Hall–Kier alpha value is -4.20. The molecule has 0 spiro atoms. The number of hydrogen-bond donors (Lipinski definition) is 2. The Morgan fingerprint density at radius 1 is 0.818 bits per heavy atom. The van der Waals surface area contributed by atoms with E-state index in [2.05, 4.69) is 20.6 Å². The van der Waals surface area contributed by atoms with Crippen molar-refractivity contribution >= 4 is 11.8 Å². The molecule has 2 aromatic carbocycles. The van der Waals surface area contributed by atoms with Gasteiger partial charge < -0.3 is 19.5 Å². The third-order valence-electron chi connectivity index (χ3n) is 5.56. The Kier molecular flexibility index (Phi) is 6.35. The number of hydrogen-bond acceptors (Lipinski definition) is 6. The van der Waals surface area contributed by atoms with E-state index in [1.165, 1.54) is 12.8 Å². The monoisotopic (exact) mass is 444 g/mol. The average Bonchev–Trinajstić information content (AvgIpc) is 3.58. The molecular formula is C25H24N4O4. The van der Waals surface area contributed by atoms with E-state index < -0.39 is 5.54 Å². The molecule has 33 heavy (non-hydrogen) atoms. The number of nitrogens with zero attached hydrogens (tertiary/aromatic N) is 2. The maximum atomic E-state index is 12.8. The summed E-state index contributed by atoms with van der Waals surface area (Å²) in [6.45, 7) is 4.15. The number of amides is 2. The summed E-state index contributed by atoms with van der Waals surface area (Å²) in [6.07, 6.45) is 6.60. The molecule has 0 aliphatic carbocycles. The third kappa shape index (κ3) is 5.17. The maximum Gasteiger partial charge on any atom is 0.251 e. The number of oxazole rings is 2. The van der Waals surface area contributed by atoms with E-state index in [1.807, 2.05) is 26.0 Å². The van der Waals surface area contributed by atoms with Crippen molar-refractivity contribution in [1.82, 2.24) is 20.6 Å².